The summed E-state index contributed by atoms with van der Waals surface area (Å²) in [6.07, 6.45) is 4.15. The zero-order chi connectivity index (χ0) is 17.3. The molecule has 0 saturated heterocycles. The second-order valence-corrected chi connectivity index (χ2v) is 6.87. The fourth-order valence-corrected chi connectivity index (χ4v) is 3.41. The zero-order valence-electron chi connectivity index (χ0n) is 14.1. The van der Waals surface area contributed by atoms with Gasteiger partial charge in [0.2, 0.25) is 0 Å². The number of amides is 1. The van der Waals surface area contributed by atoms with E-state index in [1.54, 1.807) is 32.4 Å². The fourth-order valence-electron chi connectivity index (χ4n) is 2.44. The topological polar surface area (TPSA) is 52.5 Å². The van der Waals surface area contributed by atoms with Gasteiger partial charge in [0.1, 0.15) is 11.5 Å². The molecule has 126 valence electrons. The quantitative estimate of drug-likeness (QED) is 0.738. The number of nitrogens with one attached hydrogen (secondary N) is 1. The summed E-state index contributed by atoms with van der Waals surface area (Å²) in [5, 5.41) is 3.99. The number of methoxy groups -OCH3 is 2. The molecule has 0 saturated carbocycles. The highest BCUT2D eigenvalue weighted by Gasteiger charge is 2.13. The van der Waals surface area contributed by atoms with Crippen LogP contribution in [0.1, 0.15) is 29.6 Å². The molecule has 0 radical (unpaired) electrons. The zero-order valence-corrected chi connectivity index (χ0v) is 14.9. The number of hydrogen-bond donors (Lipinski definition) is 1. The Bertz CT molecular complexity index is 826. The number of anilines is 1. The summed E-state index contributed by atoms with van der Waals surface area (Å²) in [6, 6.07) is 7.62. The summed E-state index contributed by atoms with van der Waals surface area (Å²) in [7, 11) is 3.16. The first-order valence-electron chi connectivity index (χ1n) is 7.65. The highest BCUT2D eigenvalue weighted by Crippen LogP contribution is 2.30. The van der Waals surface area contributed by atoms with Crippen molar-refractivity contribution >= 4 is 33.0 Å². The van der Waals surface area contributed by atoms with Gasteiger partial charge in [-0.2, -0.15) is 0 Å². The van der Waals surface area contributed by atoms with Crippen molar-refractivity contribution in [1.82, 2.24) is 4.57 Å². The molecule has 1 amide bonds. The Hall–Kier alpha value is -2.47. The smallest absolute Gasteiger partial charge is 0.265 e. The van der Waals surface area contributed by atoms with E-state index in [9.17, 15) is 4.79 Å². The van der Waals surface area contributed by atoms with Gasteiger partial charge in [-0.1, -0.05) is 0 Å². The fraction of sp³-hybridized carbons (Fsp3) is 0.278. The monoisotopic (exact) mass is 344 g/mol. The largest absolute Gasteiger partial charge is 0.497 e. The van der Waals surface area contributed by atoms with Crippen molar-refractivity contribution in [3.05, 3.63) is 41.5 Å². The van der Waals surface area contributed by atoms with Gasteiger partial charge >= 0.3 is 0 Å². The van der Waals surface area contributed by atoms with Gasteiger partial charge in [-0.3, -0.25) is 4.79 Å². The van der Waals surface area contributed by atoms with E-state index >= 15 is 0 Å². The summed E-state index contributed by atoms with van der Waals surface area (Å²) >= 11 is 1.49. The van der Waals surface area contributed by atoms with E-state index in [1.807, 2.05) is 6.07 Å². The molecule has 6 heteroatoms. The van der Waals surface area contributed by atoms with Crippen molar-refractivity contribution in [1.29, 1.82) is 0 Å². The van der Waals surface area contributed by atoms with Gasteiger partial charge in [-0.15, -0.1) is 11.3 Å². The Morgan fingerprint density at radius 1 is 1.08 bits per heavy atom. The van der Waals surface area contributed by atoms with E-state index in [1.165, 1.54) is 11.3 Å². The van der Waals surface area contributed by atoms with Crippen LogP contribution in [0.2, 0.25) is 0 Å². The average molecular weight is 344 g/mol. The van der Waals surface area contributed by atoms with Crippen LogP contribution < -0.4 is 14.8 Å². The lowest BCUT2D eigenvalue weighted by Crippen LogP contribution is -2.10. The number of thiophene rings is 1. The molecule has 1 aromatic carbocycles. The lowest BCUT2D eigenvalue weighted by atomic mass is 10.2. The Morgan fingerprint density at radius 3 is 2.29 bits per heavy atom. The molecule has 3 rings (SSSR count). The third-order valence-corrected chi connectivity index (χ3v) is 4.86. The predicted molar refractivity (Wildman–Crippen MR) is 97.7 cm³/mol. The number of hydrogen-bond acceptors (Lipinski definition) is 4. The van der Waals surface area contributed by atoms with Crippen LogP contribution in [0.5, 0.6) is 11.5 Å². The molecule has 2 aromatic heterocycles. The lowest BCUT2D eigenvalue weighted by Gasteiger charge is -2.09. The molecule has 0 aliphatic heterocycles. The van der Waals surface area contributed by atoms with E-state index in [4.69, 9.17) is 9.47 Å². The molecular weight excluding hydrogens is 324 g/mol. The van der Waals surface area contributed by atoms with Crippen LogP contribution in [0.4, 0.5) is 5.69 Å². The van der Waals surface area contributed by atoms with E-state index in [2.05, 4.69) is 36.1 Å². The lowest BCUT2D eigenvalue weighted by molar-refractivity contribution is 0.103. The van der Waals surface area contributed by atoms with Gasteiger partial charge in [0.05, 0.1) is 23.8 Å². The van der Waals surface area contributed by atoms with Crippen LogP contribution in [0, 0.1) is 0 Å². The molecule has 0 spiro atoms. The minimum atomic E-state index is -0.136. The van der Waals surface area contributed by atoms with Crippen LogP contribution in [0.15, 0.2) is 36.7 Å². The van der Waals surface area contributed by atoms with E-state index in [-0.39, 0.29) is 5.91 Å². The van der Waals surface area contributed by atoms with Crippen LogP contribution in [0.25, 0.3) is 10.1 Å². The van der Waals surface area contributed by atoms with Gasteiger partial charge in [0.25, 0.3) is 5.91 Å². The normalized spacial score (nSPS) is 11.0. The molecule has 3 aromatic rings. The van der Waals surface area contributed by atoms with Crippen LogP contribution in [-0.2, 0) is 0 Å². The van der Waals surface area contributed by atoms with Gasteiger partial charge in [0, 0.05) is 47.7 Å². The van der Waals surface area contributed by atoms with Gasteiger partial charge in [-0.25, -0.2) is 0 Å². The first-order chi connectivity index (χ1) is 11.5. The van der Waals surface area contributed by atoms with Crippen molar-refractivity contribution in [2.45, 2.75) is 19.9 Å². The van der Waals surface area contributed by atoms with Gasteiger partial charge in [-0.05, 0) is 19.9 Å². The van der Waals surface area contributed by atoms with Crippen LogP contribution in [-0.4, -0.2) is 24.7 Å². The van der Waals surface area contributed by atoms with Crippen LogP contribution in [0.3, 0.4) is 0 Å². The Morgan fingerprint density at radius 2 is 1.75 bits per heavy atom. The third-order valence-electron chi connectivity index (χ3n) is 3.77. The number of carbonyl (C=O) groups is 1. The Labute approximate surface area is 144 Å². The van der Waals surface area contributed by atoms with Crippen molar-refractivity contribution in [2.24, 2.45) is 0 Å². The molecule has 1 N–H and O–H groups in total. The van der Waals surface area contributed by atoms with E-state index in [0.717, 1.165) is 10.1 Å². The number of benzene rings is 1. The molecule has 0 bridgehead atoms. The maximum atomic E-state index is 12.5. The number of ether oxygens (including phenoxy) is 2. The molecule has 0 aliphatic carbocycles. The summed E-state index contributed by atoms with van der Waals surface area (Å²) in [6.45, 7) is 4.26. The maximum absolute atomic E-state index is 12.5. The van der Waals surface area contributed by atoms with E-state index in [0.29, 0.717) is 28.1 Å². The molecule has 0 unspecified atom stereocenters. The molecular formula is C18H20N2O3S. The summed E-state index contributed by atoms with van der Waals surface area (Å²) < 4.78 is 13.7. The van der Waals surface area contributed by atoms with Crippen molar-refractivity contribution in [3.63, 3.8) is 0 Å². The van der Waals surface area contributed by atoms with Crippen molar-refractivity contribution in [3.8, 4) is 11.5 Å². The first-order valence-corrected chi connectivity index (χ1v) is 8.47. The highest BCUT2D eigenvalue weighted by atomic mass is 32.1. The first kappa shape index (κ1) is 16.4. The van der Waals surface area contributed by atoms with Crippen LogP contribution >= 0.6 is 11.3 Å². The number of rotatable bonds is 5. The molecule has 0 atom stereocenters. The Balaban J connectivity index is 1.83. The summed E-state index contributed by atoms with van der Waals surface area (Å²) in [5.74, 6) is 1.13. The third kappa shape index (κ3) is 3.23. The molecule has 2 heterocycles. The average Bonchev–Trinajstić information content (AvgIpc) is 3.13. The summed E-state index contributed by atoms with van der Waals surface area (Å²) in [4.78, 5) is 13.2. The molecule has 24 heavy (non-hydrogen) atoms. The number of nitrogens with zero attached hydrogens (tertiary/aromatic N) is 1. The van der Waals surface area contributed by atoms with Crippen molar-refractivity contribution < 1.29 is 14.3 Å². The Kier molecular flexibility index (Phi) is 4.49. The van der Waals surface area contributed by atoms with E-state index < -0.39 is 0 Å². The molecule has 5 nitrogen and oxygen atoms in total. The second-order valence-electron chi connectivity index (χ2n) is 5.78. The molecule has 0 fully saturated rings. The number of fused-ring (bicyclic) bond motifs is 1. The molecule has 0 aliphatic rings. The maximum Gasteiger partial charge on any atom is 0.265 e. The predicted octanol–water partition coefficient (Wildman–Crippen LogP) is 4.55. The van der Waals surface area contributed by atoms with Crippen molar-refractivity contribution in [2.75, 3.05) is 19.5 Å². The number of carbonyl (C=O) groups excluding carboxylic acids is 1. The SMILES string of the molecule is COc1cc(NC(=O)c2cc3cn(C(C)C)cc3s2)cc(OC)c1. The van der Waals surface area contributed by atoms with Gasteiger partial charge in [0.15, 0.2) is 0 Å². The minimum Gasteiger partial charge on any atom is -0.497 e. The number of aromatic nitrogens is 1. The standard InChI is InChI=1S/C18H20N2O3S/c1-11(2)20-9-12-5-16(24-17(12)10-20)18(21)19-13-6-14(22-3)8-15(7-13)23-4/h5-11H,1-4H3,(H,19,21). The minimum absolute atomic E-state index is 0.136. The van der Waals surface area contributed by atoms with Gasteiger partial charge < -0.3 is 19.4 Å². The summed E-state index contributed by atoms with van der Waals surface area (Å²) in [5.41, 5.74) is 0.640. The second kappa shape index (κ2) is 6.57. The highest BCUT2D eigenvalue weighted by molar-refractivity contribution is 7.20.